The second-order valence-corrected chi connectivity index (χ2v) is 5.75. The van der Waals surface area contributed by atoms with Crippen molar-refractivity contribution < 1.29 is 0 Å². The molecule has 1 fully saturated rings. The quantitative estimate of drug-likeness (QED) is 0.674. The molecule has 82 valence electrons. The molecule has 0 amide bonds. The molecule has 2 rings (SSSR count). The second kappa shape index (κ2) is 5.66. The molecule has 1 heteroatoms. The Hall–Kier alpha value is -0.350. The fraction of sp³-hybridized carbons (Fsp3) is 0.571. The first-order valence-electron chi connectivity index (χ1n) is 6.14. The Kier molecular flexibility index (Phi) is 4.20. The van der Waals surface area contributed by atoms with Crippen LogP contribution in [-0.2, 0) is 6.42 Å². The van der Waals surface area contributed by atoms with E-state index in [-0.39, 0.29) is 0 Å². The Morgan fingerprint density at radius 1 is 1.00 bits per heavy atom. The van der Waals surface area contributed by atoms with Crippen molar-refractivity contribution in [3.63, 3.8) is 0 Å². The third-order valence-corrected chi connectivity index (χ3v) is 4.24. The molecule has 1 unspecified atom stereocenters. The van der Waals surface area contributed by atoms with Crippen LogP contribution in [0.4, 0.5) is 0 Å². The summed E-state index contributed by atoms with van der Waals surface area (Å²) < 4.78 is 0. The normalized spacial score (nSPS) is 26.5. The maximum absolute atomic E-state index is 2.98. The lowest BCUT2D eigenvalue weighted by Gasteiger charge is -2.25. The smallest absolute Gasteiger partial charge is 0.0264 e. The largest absolute Gasteiger partial charge is 0.134 e. The van der Waals surface area contributed by atoms with E-state index >= 15 is 0 Å². The van der Waals surface area contributed by atoms with Crippen molar-refractivity contribution in [1.82, 2.24) is 0 Å². The van der Waals surface area contributed by atoms with E-state index in [1.807, 2.05) is 0 Å². The van der Waals surface area contributed by atoms with Crippen molar-refractivity contribution in [2.24, 2.45) is 5.92 Å². The number of aryl methyl sites for hydroxylation is 1. The Labute approximate surface area is 95.7 Å². The van der Waals surface area contributed by atoms with Gasteiger partial charge in [-0.1, -0.05) is 30.3 Å². The third kappa shape index (κ3) is 3.61. The summed E-state index contributed by atoms with van der Waals surface area (Å²) in [5.41, 5.74) is 2.41. The minimum absolute atomic E-state index is 0.901. The van der Waals surface area contributed by atoms with Crippen molar-refractivity contribution in [2.75, 3.05) is 0 Å². The molecule has 1 aliphatic rings. The average molecular weight is 220 g/mol. The molecule has 1 atom stereocenters. The van der Waals surface area contributed by atoms with E-state index < -0.39 is 0 Å². The fourth-order valence-corrected chi connectivity index (χ4v) is 2.88. The van der Waals surface area contributed by atoms with Crippen LogP contribution in [0.15, 0.2) is 30.3 Å². The standard InChI is InChI=1S/C14H21P/c15-14-10-8-13(9-11-14)7-6-12-4-2-1-3-5-12/h1-5,13-14H,6-11,15H2. The van der Waals surface area contributed by atoms with Gasteiger partial charge < -0.3 is 0 Å². The topological polar surface area (TPSA) is 0 Å². The van der Waals surface area contributed by atoms with Gasteiger partial charge in [0.15, 0.2) is 0 Å². The zero-order valence-corrected chi connectivity index (χ0v) is 10.5. The summed E-state index contributed by atoms with van der Waals surface area (Å²) in [5, 5.41) is 0. The highest BCUT2D eigenvalue weighted by molar-refractivity contribution is 7.17. The van der Waals surface area contributed by atoms with Gasteiger partial charge >= 0.3 is 0 Å². The first-order chi connectivity index (χ1) is 7.34. The van der Waals surface area contributed by atoms with Crippen LogP contribution in [-0.4, -0.2) is 5.66 Å². The molecular weight excluding hydrogens is 199 g/mol. The lowest BCUT2D eigenvalue weighted by atomic mass is 9.85. The summed E-state index contributed by atoms with van der Waals surface area (Å²) >= 11 is 0. The summed E-state index contributed by atoms with van der Waals surface area (Å²) in [6, 6.07) is 10.9. The number of hydrogen-bond acceptors (Lipinski definition) is 0. The van der Waals surface area contributed by atoms with Crippen LogP contribution in [0.1, 0.15) is 37.7 Å². The molecular formula is C14H21P. The van der Waals surface area contributed by atoms with E-state index in [1.54, 1.807) is 0 Å². The van der Waals surface area contributed by atoms with Gasteiger partial charge in [-0.2, -0.15) is 0 Å². The second-order valence-electron chi connectivity index (χ2n) is 4.81. The first-order valence-corrected chi connectivity index (χ1v) is 6.81. The molecule has 1 saturated carbocycles. The Balaban J connectivity index is 1.74. The van der Waals surface area contributed by atoms with Gasteiger partial charge in [0.05, 0.1) is 0 Å². The van der Waals surface area contributed by atoms with Gasteiger partial charge in [-0.3, -0.25) is 0 Å². The molecule has 0 bridgehead atoms. The predicted octanol–water partition coefficient (Wildman–Crippen LogP) is 4.05. The minimum atomic E-state index is 0.901. The summed E-state index contributed by atoms with van der Waals surface area (Å²) in [6.07, 6.45) is 8.39. The molecule has 0 heterocycles. The molecule has 0 saturated heterocycles. The third-order valence-electron chi connectivity index (χ3n) is 3.58. The van der Waals surface area contributed by atoms with Gasteiger partial charge in [0.2, 0.25) is 0 Å². The van der Waals surface area contributed by atoms with Crippen molar-refractivity contribution in [1.29, 1.82) is 0 Å². The SMILES string of the molecule is PC1CCC(CCc2ccccc2)CC1. The first kappa shape index (κ1) is 11.1. The van der Waals surface area contributed by atoms with Crippen LogP contribution < -0.4 is 0 Å². The van der Waals surface area contributed by atoms with Gasteiger partial charge in [0.1, 0.15) is 0 Å². The number of benzene rings is 1. The summed E-state index contributed by atoms with van der Waals surface area (Å²) in [7, 11) is 2.98. The highest BCUT2D eigenvalue weighted by Crippen LogP contribution is 2.31. The average Bonchev–Trinajstić information content (AvgIpc) is 2.30. The van der Waals surface area contributed by atoms with Gasteiger partial charge in [-0.05, 0) is 55.7 Å². The van der Waals surface area contributed by atoms with Crippen molar-refractivity contribution in [3.05, 3.63) is 35.9 Å². The monoisotopic (exact) mass is 220 g/mol. The predicted molar refractivity (Wildman–Crippen MR) is 70.2 cm³/mol. The lowest BCUT2D eigenvalue weighted by molar-refractivity contribution is 0.345. The molecule has 1 aromatic rings. The van der Waals surface area contributed by atoms with Gasteiger partial charge in [0.25, 0.3) is 0 Å². The highest BCUT2D eigenvalue weighted by Gasteiger charge is 2.17. The summed E-state index contributed by atoms with van der Waals surface area (Å²) in [6.45, 7) is 0. The molecule has 0 nitrogen and oxygen atoms in total. The number of hydrogen-bond donors (Lipinski definition) is 0. The van der Waals surface area contributed by atoms with Crippen molar-refractivity contribution in [2.45, 2.75) is 44.2 Å². The van der Waals surface area contributed by atoms with Crippen LogP contribution in [0, 0.1) is 5.92 Å². The van der Waals surface area contributed by atoms with Crippen LogP contribution >= 0.6 is 9.24 Å². The van der Waals surface area contributed by atoms with Crippen molar-refractivity contribution in [3.8, 4) is 0 Å². The highest BCUT2D eigenvalue weighted by atomic mass is 31.0. The number of rotatable bonds is 3. The lowest BCUT2D eigenvalue weighted by Crippen LogP contribution is -2.14. The maximum Gasteiger partial charge on any atom is -0.0264 e. The van der Waals surface area contributed by atoms with Gasteiger partial charge in [-0.15, -0.1) is 9.24 Å². The molecule has 0 radical (unpaired) electrons. The Bertz CT molecular complexity index is 273. The Morgan fingerprint density at radius 2 is 1.67 bits per heavy atom. The molecule has 0 N–H and O–H groups in total. The summed E-state index contributed by atoms with van der Waals surface area (Å²) in [5.74, 6) is 0.988. The van der Waals surface area contributed by atoms with E-state index in [2.05, 4.69) is 39.6 Å². The van der Waals surface area contributed by atoms with E-state index in [0.717, 1.165) is 11.6 Å². The van der Waals surface area contributed by atoms with Gasteiger partial charge in [-0.25, -0.2) is 0 Å². The van der Waals surface area contributed by atoms with Crippen LogP contribution in [0.5, 0.6) is 0 Å². The zero-order valence-electron chi connectivity index (χ0n) is 9.36. The Morgan fingerprint density at radius 3 is 2.33 bits per heavy atom. The van der Waals surface area contributed by atoms with E-state index in [1.165, 1.54) is 44.1 Å². The van der Waals surface area contributed by atoms with Crippen LogP contribution in [0.3, 0.4) is 0 Å². The molecule has 0 aliphatic heterocycles. The van der Waals surface area contributed by atoms with E-state index in [0.29, 0.717) is 0 Å². The fourth-order valence-electron chi connectivity index (χ4n) is 2.49. The van der Waals surface area contributed by atoms with Crippen molar-refractivity contribution >= 4 is 9.24 Å². The van der Waals surface area contributed by atoms with Crippen LogP contribution in [0.2, 0.25) is 0 Å². The molecule has 1 aliphatic carbocycles. The molecule has 0 spiro atoms. The van der Waals surface area contributed by atoms with Gasteiger partial charge in [0, 0.05) is 0 Å². The maximum atomic E-state index is 2.98. The molecule has 1 aromatic carbocycles. The van der Waals surface area contributed by atoms with Crippen LogP contribution in [0.25, 0.3) is 0 Å². The molecule has 15 heavy (non-hydrogen) atoms. The summed E-state index contributed by atoms with van der Waals surface area (Å²) in [4.78, 5) is 0. The molecule has 0 aromatic heterocycles. The van der Waals surface area contributed by atoms with E-state index in [9.17, 15) is 0 Å². The minimum Gasteiger partial charge on any atom is -0.134 e. The van der Waals surface area contributed by atoms with E-state index in [4.69, 9.17) is 0 Å². The zero-order chi connectivity index (χ0) is 10.5.